The Bertz CT molecular complexity index is 283. The molecular weight excluding hydrogens is 246 g/mol. The van der Waals surface area contributed by atoms with Crippen molar-refractivity contribution in [3.63, 3.8) is 0 Å². The average molecular weight is 271 g/mol. The smallest absolute Gasteiger partial charge is 0.253 e. The second kappa shape index (κ2) is 7.19. The van der Waals surface area contributed by atoms with Gasteiger partial charge in [-0.1, -0.05) is 0 Å². The van der Waals surface area contributed by atoms with Crippen LogP contribution in [0.3, 0.4) is 0 Å². The highest BCUT2D eigenvalue weighted by molar-refractivity contribution is 5.81. The van der Waals surface area contributed by atoms with Crippen molar-refractivity contribution in [2.45, 2.75) is 25.0 Å². The summed E-state index contributed by atoms with van der Waals surface area (Å²) < 4.78 is 10.7. The monoisotopic (exact) mass is 271 g/mol. The second-order valence-electron chi connectivity index (χ2n) is 5.22. The number of nitrogens with two attached hydrogens (primary N) is 1. The summed E-state index contributed by atoms with van der Waals surface area (Å²) in [6, 6.07) is 0. The summed E-state index contributed by atoms with van der Waals surface area (Å²) >= 11 is 0. The van der Waals surface area contributed by atoms with Crippen LogP contribution in [0.15, 0.2) is 0 Å². The number of hydrogen-bond acceptors (Lipinski definition) is 5. The van der Waals surface area contributed by atoms with Gasteiger partial charge in [-0.15, -0.1) is 0 Å². The largest absolute Gasteiger partial charge is 0.377 e. The molecule has 0 spiro atoms. The van der Waals surface area contributed by atoms with Crippen molar-refractivity contribution >= 4 is 5.91 Å². The first kappa shape index (κ1) is 14.7. The van der Waals surface area contributed by atoms with E-state index < -0.39 is 6.10 Å². The maximum absolute atomic E-state index is 12.1. The van der Waals surface area contributed by atoms with E-state index >= 15 is 0 Å². The molecule has 0 saturated carbocycles. The van der Waals surface area contributed by atoms with E-state index in [4.69, 9.17) is 15.2 Å². The zero-order valence-corrected chi connectivity index (χ0v) is 11.7. The first-order valence-corrected chi connectivity index (χ1v) is 7.10. The van der Waals surface area contributed by atoms with Gasteiger partial charge in [0.1, 0.15) is 6.10 Å². The maximum atomic E-state index is 12.1. The highest BCUT2D eigenvalue weighted by Gasteiger charge is 2.28. The van der Waals surface area contributed by atoms with Crippen LogP contribution < -0.4 is 5.73 Å². The average Bonchev–Trinajstić information content (AvgIpc) is 2.94. The fraction of sp³-hybridized carbons (Fsp3) is 0.923. The Morgan fingerprint density at radius 1 is 1.42 bits per heavy atom. The Hall–Kier alpha value is -0.690. The quantitative estimate of drug-likeness (QED) is 0.715. The highest BCUT2D eigenvalue weighted by atomic mass is 16.5. The molecule has 110 valence electrons. The molecule has 0 aromatic carbocycles. The van der Waals surface area contributed by atoms with Gasteiger partial charge in [0.15, 0.2) is 0 Å². The van der Waals surface area contributed by atoms with Crippen molar-refractivity contribution < 1.29 is 14.3 Å². The van der Waals surface area contributed by atoms with Gasteiger partial charge in [0, 0.05) is 53.0 Å². The van der Waals surface area contributed by atoms with Crippen molar-refractivity contribution in [2.24, 2.45) is 5.73 Å². The molecule has 2 rings (SSSR count). The van der Waals surface area contributed by atoms with Crippen LogP contribution >= 0.6 is 0 Å². The van der Waals surface area contributed by atoms with Crippen molar-refractivity contribution in [2.75, 3.05) is 53.0 Å². The van der Waals surface area contributed by atoms with E-state index in [0.29, 0.717) is 6.10 Å². The van der Waals surface area contributed by atoms with Gasteiger partial charge in [-0.05, 0) is 12.8 Å². The van der Waals surface area contributed by atoms with Crippen LogP contribution in [-0.2, 0) is 14.3 Å². The van der Waals surface area contributed by atoms with E-state index in [1.807, 2.05) is 4.90 Å². The molecule has 6 nitrogen and oxygen atoms in total. The second-order valence-corrected chi connectivity index (χ2v) is 5.22. The number of hydrogen-bond donors (Lipinski definition) is 1. The minimum Gasteiger partial charge on any atom is -0.377 e. The predicted octanol–water partition coefficient (Wildman–Crippen LogP) is -0.717. The third-order valence-electron chi connectivity index (χ3n) is 3.94. The molecule has 0 aromatic heterocycles. The van der Waals surface area contributed by atoms with E-state index in [-0.39, 0.29) is 12.5 Å². The van der Waals surface area contributed by atoms with Gasteiger partial charge in [0.25, 0.3) is 5.91 Å². The fourth-order valence-electron chi connectivity index (χ4n) is 2.73. The van der Waals surface area contributed by atoms with Gasteiger partial charge in [0.05, 0.1) is 6.10 Å². The molecule has 2 atom stereocenters. The van der Waals surface area contributed by atoms with Crippen LogP contribution in [0.25, 0.3) is 0 Å². The fourth-order valence-corrected chi connectivity index (χ4v) is 2.73. The predicted molar refractivity (Wildman–Crippen MR) is 71.8 cm³/mol. The van der Waals surface area contributed by atoms with Crippen LogP contribution in [0.4, 0.5) is 0 Å². The van der Waals surface area contributed by atoms with Gasteiger partial charge in [-0.3, -0.25) is 9.69 Å². The molecule has 1 amide bonds. The third kappa shape index (κ3) is 3.89. The minimum absolute atomic E-state index is 0.0155. The lowest BCUT2D eigenvalue weighted by Crippen LogP contribution is -2.53. The summed E-state index contributed by atoms with van der Waals surface area (Å²) in [6.07, 6.45) is 2.23. The summed E-state index contributed by atoms with van der Waals surface area (Å²) in [5, 5.41) is 0. The molecule has 0 bridgehead atoms. The zero-order valence-electron chi connectivity index (χ0n) is 11.7. The van der Waals surface area contributed by atoms with Gasteiger partial charge in [-0.25, -0.2) is 0 Å². The number of ether oxygens (including phenoxy) is 2. The molecule has 2 saturated heterocycles. The zero-order chi connectivity index (χ0) is 13.7. The molecule has 0 aromatic rings. The van der Waals surface area contributed by atoms with Crippen LogP contribution in [0.5, 0.6) is 0 Å². The van der Waals surface area contributed by atoms with Crippen molar-refractivity contribution in [3.05, 3.63) is 0 Å². The van der Waals surface area contributed by atoms with Gasteiger partial charge >= 0.3 is 0 Å². The number of carbonyl (C=O) groups excluding carboxylic acids is 1. The number of piperazine rings is 1. The standard InChI is InChI=1S/C13H25N3O3/c1-18-12(9-14)13(17)16-6-4-15(5-7-16)10-11-3-2-8-19-11/h11-12H,2-10,14H2,1H3. The summed E-state index contributed by atoms with van der Waals surface area (Å²) in [7, 11) is 1.53. The Morgan fingerprint density at radius 3 is 2.68 bits per heavy atom. The van der Waals surface area contributed by atoms with Crippen molar-refractivity contribution in [1.29, 1.82) is 0 Å². The first-order valence-electron chi connectivity index (χ1n) is 7.10. The Balaban J connectivity index is 1.73. The normalized spacial score (nSPS) is 26.6. The molecular formula is C13H25N3O3. The third-order valence-corrected chi connectivity index (χ3v) is 3.94. The molecule has 2 aliphatic heterocycles. The summed E-state index contributed by atoms with van der Waals surface area (Å²) in [6.45, 7) is 5.46. The summed E-state index contributed by atoms with van der Waals surface area (Å²) in [5.41, 5.74) is 5.53. The number of methoxy groups -OCH3 is 1. The van der Waals surface area contributed by atoms with Crippen LogP contribution in [-0.4, -0.2) is 80.9 Å². The number of nitrogens with zero attached hydrogens (tertiary/aromatic N) is 2. The summed E-state index contributed by atoms with van der Waals surface area (Å²) in [4.78, 5) is 16.3. The molecule has 2 N–H and O–H groups in total. The molecule has 0 aliphatic carbocycles. The number of carbonyl (C=O) groups is 1. The maximum Gasteiger partial charge on any atom is 0.253 e. The van der Waals surface area contributed by atoms with Crippen LogP contribution in [0.2, 0.25) is 0 Å². The lowest BCUT2D eigenvalue weighted by molar-refractivity contribution is -0.143. The van der Waals surface area contributed by atoms with Crippen molar-refractivity contribution in [1.82, 2.24) is 9.80 Å². The van der Waals surface area contributed by atoms with E-state index in [0.717, 1.165) is 45.8 Å². The lowest BCUT2D eigenvalue weighted by atomic mass is 10.2. The molecule has 2 fully saturated rings. The number of amides is 1. The van der Waals surface area contributed by atoms with E-state index in [1.54, 1.807) is 0 Å². The molecule has 0 radical (unpaired) electrons. The van der Waals surface area contributed by atoms with Crippen molar-refractivity contribution in [3.8, 4) is 0 Å². The lowest BCUT2D eigenvalue weighted by Gasteiger charge is -2.36. The molecule has 2 unspecified atom stereocenters. The molecule has 19 heavy (non-hydrogen) atoms. The molecule has 2 heterocycles. The van der Waals surface area contributed by atoms with Gasteiger partial charge in [0.2, 0.25) is 0 Å². The molecule has 6 heteroatoms. The van der Waals surface area contributed by atoms with E-state index in [2.05, 4.69) is 4.90 Å². The van der Waals surface area contributed by atoms with E-state index in [1.165, 1.54) is 13.5 Å². The van der Waals surface area contributed by atoms with Crippen LogP contribution in [0, 0.1) is 0 Å². The highest BCUT2D eigenvalue weighted by Crippen LogP contribution is 2.14. The topological polar surface area (TPSA) is 68.0 Å². The Labute approximate surface area is 114 Å². The van der Waals surface area contributed by atoms with Gasteiger partial charge in [-0.2, -0.15) is 0 Å². The van der Waals surface area contributed by atoms with Gasteiger partial charge < -0.3 is 20.1 Å². The first-order chi connectivity index (χ1) is 9.24. The molecule has 2 aliphatic rings. The Morgan fingerprint density at radius 2 is 2.16 bits per heavy atom. The minimum atomic E-state index is -0.496. The van der Waals surface area contributed by atoms with Crippen LogP contribution in [0.1, 0.15) is 12.8 Å². The Kier molecular flexibility index (Phi) is 5.57. The SMILES string of the molecule is COC(CN)C(=O)N1CCN(CC2CCCO2)CC1. The number of rotatable bonds is 5. The summed E-state index contributed by atoms with van der Waals surface area (Å²) in [5.74, 6) is 0.0155. The van der Waals surface area contributed by atoms with E-state index in [9.17, 15) is 4.79 Å².